The van der Waals surface area contributed by atoms with Gasteiger partial charge in [0, 0.05) is 6.54 Å². The Kier molecular flexibility index (Phi) is 9.51. The maximum atomic E-state index is 11.7. The first-order chi connectivity index (χ1) is 12.3. The quantitative estimate of drug-likeness (QED) is 0.584. The lowest BCUT2D eigenvalue weighted by Crippen LogP contribution is -2.41. The van der Waals surface area contributed by atoms with Gasteiger partial charge in [0.05, 0.1) is 12.6 Å². The first-order valence-corrected chi connectivity index (χ1v) is 8.85. The number of unbranched alkanes of at least 4 members (excludes halogenated alkanes) is 1. The summed E-state index contributed by atoms with van der Waals surface area (Å²) in [5.74, 6) is 0. The molecule has 0 radical (unpaired) electrons. The van der Waals surface area contributed by atoms with Gasteiger partial charge in [0.2, 0.25) is 0 Å². The molecule has 2 amide bonds. The molecule has 0 unspecified atom stereocenters. The van der Waals surface area contributed by atoms with Crippen LogP contribution in [0.3, 0.4) is 0 Å². The van der Waals surface area contributed by atoms with E-state index in [0.717, 1.165) is 12.0 Å². The highest BCUT2D eigenvalue weighted by atomic mass is 16.6. The third-order valence-corrected chi connectivity index (χ3v) is 3.40. The molecule has 0 heterocycles. The molecule has 1 aromatic carbocycles. The van der Waals surface area contributed by atoms with Gasteiger partial charge in [-0.05, 0) is 45.6 Å². The molecule has 1 rings (SSSR count). The van der Waals surface area contributed by atoms with Crippen LogP contribution in [0, 0.1) is 0 Å². The van der Waals surface area contributed by atoms with Crippen LogP contribution in [0.5, 0.6) is 0 Å². The van der Waals surface area contributed by atoms with Gasteiger partial charge in [-0.3, -0.25) is 0 Å². The first kappa shape index (κ1) is 21.8. The zero-order chi connectivity index (χ0) is 19.4. The summed E-state index contributed by atoms with van der Waals surface area (Å²) in [7, 11) is 0. The average Bonchev–Trinajstić information content (AvgIpc) is 2.58. The average molecular weight is 366 g/mol. The number of benzene rings is 1. The van der Waals surface area contributed by atoms with Crippen LogP contribution in [0.15, 0.2) is 30.3 Å². The molecule has 0 saturated heterocycles. The summed E-state index contributed by atoms with van der Waals surface area (Å²) in [5.41, 5.74) is 0.357. The lowest BCUT2D eigenvalue weighted by molar-refractivity contribution is 0.0478. The Morgan fingerprint density at radius 3 is 2.42 bits per heavy atom. The van der Waals surface area contributed by atoms with Gasteiger partial charge in [-0.15, -0.1) is 0 Å². The Bertz CT molecular complexity index is 543. The van der Waals surface area contributed by atoms with Gasteiger partial charge in [-0.2, -0.15) is 0 Å². The van der Waals surface area contributed by atoms with E-state index in [9.17, 15) is 14.7 Å². The van der Waals surface area contributed by atoms with Gasteiger partial charge in [0.1, 0.15) is 12.2 Å². The molecule has 7 heteroatoms. The van der Waals surface area contributed by atoms with Gasteiger partial charge in [-0.1, -0.05) is 30.3 Å². The molecule has 1 atom stereocenters. The van der Waals surface area contributed by atoms with E-state index in [-0.39, 0.29) is 19.3 Å². The van der Waals surface area contributed by atoms with E-state index in [1.807, 2.05) is 30.3 Å². The van der Waals surface area contributed by atoms with Crippen molar-refractivity contribution in [1.82, 2.24) is 10.6 Å². The second-order valence-electron chi connectivity index (χ2n) is 7.01. The first-order valence-electron chi connectivity index (χ1n) is 8.85. The van der Waals surface area contributed by atoms with Crippen molar-refractivity contribution in [3.63, 3.8) is 0 Å². The summed E-state index contributed by atoms with van der Waals surface area (Å²) in [6.45, 7) is 5.89. The molecule has 0 aliphatic carbocycles. The molecular weight excluding hydrogens is 336 g/mol. The molecule has 0 saturated carbocycles. The predicted molar refractivity (Wildman–Crippen MR) is 98.7 cm³/mol. The van der Waals surface area contributed by atoms with Crippen LogP contribution < -0.4 is 10.6 Å². The minimum Gasteiger partial charge on any atom is -0.445 e. The van der Waals surface area contributed by atoms with Crippen LogP contribution >= 0.6 is 0 Å². The van der Waals surface area contributed by atoms with Gasteiger partial charge >= 0.3 is 12.2 Å². The van der Waals surface area contributed by atoms with E-state index >= 15 is 0 Å². The number of aliphatic hydroxyl groups excluding tert-OH is 1. The van der Waals surface area contributed by atoms with E-state index in [1.54, 1.807) is 20.8 Å². The van der Waals surface area contributed by atoms with Crippen LogP contribution in [-0.4, -0.2) is 42.1 Å². The van der Waals surface area contributed by atoms with E-state index in [2.05, 4.69) is 10.6 Å². The molecule has 0 spiro atoms. The molecular formula is C19H30N2O5. The lowest BCUT2D eigenvalue weighted by atomic mass is 10.1. The molecule has 0 aromatic heterocycles. The molecule has 0 aliphatic heterocycles. The van der Waals surface area contributed by atoms with Gasteiger partial charge in [0.15, 0.2) is 0 Å². The summed E-state index contributed by atoms with van der Waals surface area (Å²) in [6.07, 6.45) is 1.04. The largest absolute Gasteiger partial charge is 0.445 e. The molecule has 26 heavy (non-hydrogen) atoms. The molecule has 3 N–H and O–H groups in total. The van der Waals surface area contributed by atoms with Crippen LogP contribution in [0.25, 0.3) is 0 Å². The number of carbonyl (C=O) groups is 2. The van der Waals surface area contributed by atoms with Crippen LogP contribution in [0.1, 0.15) is 45.6 Å². The van der Waals surface area contributed by atoms with Crippen LogP contribution in [-0.2, 0) is 16.1 Å². The number of carbonyl (C=O) groups excluding carboxylic acids is 2. The second-order valence-corrected chi connectivity index (χ2v) is 7.01. The van der Waals surface area contributed by atoms with E-state index < -0.39 is 17.8 Å². The minimum absolute atomic E-state index is 0.161. The fourth-order valence-corrected chi connectivity index (χ4v) is 2.16. The van der Waals surface area contributed by atoms with Crippen molar-refractivity contribution in [2.45, 2.75) is 58.3 Å². The van der Waals surface area contributed by atoms with E-state index in [1.165, 1.54) is 0 Å². The zero-order valence-electron chi connectivity index (χ0n) is 15.8. The monoisotopic (exact) mass is 366 g/mol. The molecule has 0 fully saturated rings. The molecule has 0 bridgehead atoms. The number of hydrogen-bond acceptors (Lipinski definition) is 5. The minimum atomic E-state index is -0.575. The van der Waals surface area contributed by atoms with Crippen LogP contribution in [0.4, 0.5) is 9.59 Å². The Balaban J connectivity index is 2.12. The van der Waals surface area contributed by atoms with Crippen molar-refractivity contribution in [2.24, 2.45) is 0 Å². The maximum Gasteiger partial charge on any atom is 0.407 e. The van der Waals surface area contributed by atoms with E-state index in [4.69, 9.17) is 9.47 Å². The normalized spacial score (nSPS) is 12.2. The Labute approximate surface area is 155 Å². The summed E-state index contributed by atoms with van der Waals surface area (Å²) < 4.78 is 10.3. The van der Waals surface area contributed by atoms with Crippen LogP contribution in [0.2, 0.25) is 0 Å². The number of hydrogen-bond donors (Lipinski definition) is 3. The smallest absolute Gasteiger partial charge is 0.407 e. The number of ether oxygens (including phenoxy) is 2. The van der Waals surface area contributed by atoms with Gasteiger partial charge < -0.3 is 25.2 Å². The highest BCUT2D eigenvalue weighted by molar-refractivity contribution is 5.68. The SMILES string of the molecule is CC(C)(C)OC(=O)N[C@H](CO)CCCCNC(=O)OCc1ccccc1. The second kappa shape index (κ2) is 11.4. The molecule has 1 aromatic rings. The predicted octanol–water partition coefficient (Wildman–Crippen LogP) is 2.97. The number of rotatable bonds is 9. The molecule has 7 nitrogen and oxygen atoms in total. The lowest BCUT2D eigenvalue weighted by Gasteiger charge is -2.22. The number of aliphatic hydroxyl groups is 1. The van der Waals surface area contributed by atoms with Crippen molar-refractivity contribution in [3.05, 3.63) is 35.9 Å². The third kappa shape index (κ3) is 10.6. The topological polar surface area (TPSA) is 96.9 Å². The number of nitrogens with one attached hydrogen (secondary N) is 2. The highest BCUT2D eigenvalue weighted by Crippen LogP contribution is 2.08. The number of amides is 2. The summed E-state index contributed by atoms with van der Waals surface area (Å²) in [5, 5.41) is 14.7. The number of alkyl carbamates (subject to hydrolysis) is 2. The highest BCUT2D eigenvalue weighted by Gasteiger charge is 2.18. The zero-order valence-corrected chi connectivity index (χ0v) is 15.8. The molecule has 0 aliphatic rings. The Morgan fingerprint density at radius 1 is 1.12 bits per heavy atom. The fourth-order valence-electron chi connectivity index (χ4n) is 2.16. The fraction of sp³-hybridized carbons (Fsp3) is 0.579. The van der Waals surface area contributed by atoms with Crippen molar-refractivity contribution in [1.29, 1.82) is 0 Å². The standard InChI is InChI=1S/C19H30N2O5/c1-19(2,3)26-18(24)21-16(13-22)11-7-8-12-20-17(23)25-14-15-9-5-4-6-10-15/h4-6,9-10,16,22H,7-8,11-14H2,1-3H3,(H,20,23)(H,21,24)/t16-/m0/s1. The summed E-state index contributed by atoms with van der Waals surface area (Å²) in [6, 6.07) is 9.09. The molecule has 146 valence electrons. The van der Waals surface area contributed by atoms with E-state index in [0.29, 0.717) is 19.4 Å². The van der Waals surface area contributed by atoms with Gasteiger partial charge in [-0.25, -0.2) is 9.59 Å². The Hall–Kier alpha value is -2.28. The third-order valence-electron chi connectivity index (χ3n) is 3.40. The Morgan fingerprint density at radius 2 is 1.81 bits per heavy atom. The summed E-state index contributed by atoms with van der Waals surface area (Å²) in [4.78, 5) is 23.3. The van der Waals surface area contributed by atoms with Crippen molar-refractivity contribution in [3.8, 4) is 0 Å². The van der Waals surface area contributed by atoms with Crippen molar-refractivity contribution in [2.75, 3.05) is 13.2 Å². The summed E-state index contributed by atoms with van der Waals surface area (Å²) >= 11 is 0. The van der Waals surface area contributed by atoms with Crippen molar-refractivity contribution < 1.29 is 24.2 Å². The maximum absolute atomic E-state index is 11.7. The van der Waals surface area contributed by atoms with Crippen molar-refractivity contribution >= 4 is 12.2 Å². The van der Waals surface area contributed by atoms with Gasteiger partial charge in [0.25, 0.3) is 0 Å².